The SMILES string of the molecule is CCNc1ncc(Br)c(NC(C)CSCC)n1. The van der Waals surface area contributed by atoms with Gasteiger partial charge in [0.25, 0.3) is 0 Å². The van der Waals surface area contributed by atoms with E-state index >= 15 is 0 Å². The molecule has 0 aromatic carbocycles. The monoisotopic (exact) mass is 318 g/mol. The summed E-state index contributed by atoms with van der Waals surface area (Å²) in [6.07, 6.45) is 1.77. The highest BCUT2D eigenvalue weighted by molar-refractivity contribution is 9.10. The number of hydrogen-bond donors (Lipinski definition) is 2. The second kappa shape index (κ2) is 7.76. The van der Waals surface area contributed by atoms with Crippen molar-refractivity contribution in [1.82, 2.24) is 9.97 Å². The summed E-state index contributed by atoms with van der Waals surface area (Å²) in [7, 11) is 0. The molecule has 2 N–H and O–H groups in total. The predicted octanol–water partition coefficient (Wildman–Crippen LogP) is 3.22. The second-order valence-corrected chi connectivity index (χ2v) is 5.80. The van der Waals surface area contributed by atoms with Crippen molar-refractivity contribution in [1.29, 1.82) is 0 Å². The molecular weight excluding hydrogens is 300 g/mol. The van der Waals surface area contributed by atoms with Gasteiger partial charge in [-0.3, -0.25) is 0 Å². The van der Waals surface area contributed by atoms with Crippen LogP contribution in [0, 0.1) is 0 Å². The molecule has 0 radical (unpaired) electrons. The summed E-state index contributed by atoms with van der Waals surface area (Å²) in [5, 5.41) is 6.49. The number of thioether (sulfide) groups is 1. The molecule has 0 saturated heterocycles. The van der Waals surface area contributed by atoms with Crippen molar-refractivity contribution in [3.63, 3.8) is 0 Å². The van der Waals surface area contributed by atoms with Crippen molar-refractivity contribution in [2.45, 2.75) is 26.8 Å². The Kier molecular flexibility index (Phi) is 6.65. The van der Waals surface area contributed by atoms with E-state index in [1.165, 1.54) is 0 Å². The van der Waals surface area contributed by atoms with Crippen LogP contribution < -0.4 is 10.6 Å². The fourth-order valence-electron chi connectivity index (χ4n) is 1.28. The highest BCUT2D eigenvalue weighted by atomic mass is 79.9. The van der Waals surface area contributed by atoms with E-state index in [0.717, 1.165) is 28.3 Å². The van der Waals surface area contributed by atoms with Crippen LogP contribution in [0.4, 0.5) is 11.8 Å². The average molecular weight is 319 g/mol. The van der Waals surface area contributed by atoms with Gasteiger partial charge in [0.05, 0.1) is 4.47 Å². The van der Waals surface area contributed by atoms with Gasteiger partial charge in [-0.05, 0) is 35.5 Å². The first-order valence-electron chi connectivity index (χ1n) is 5.78. The van der Waals surface area contributed by atoms with Crippen LogP contribution in [0.25, 0.3) is 0 Å². The van der Waals surface area contributed by atoms with Crippen LogP contribution in [-0.2, 0) is 0 Å². The maximum absolute atomic E-state index is 4.42. The Hall–Kier alpha value is -0.490. The normalized spacial score (nSPS) is 12.2. The quantitative estimate of drug-likeness (QED) is 0.808. The first kappa shape index (κ1) is 14.6. The molecule has 4 nitrogen and oxygen atoms in total. The molecule has 0 bridgehead atoms. The van der Waals surface area contributed by atoms with E-state index in [1.54, 1.807) is 6.20 Å². The maximum atomic E-state index is 4.42. The third-order valence-electron chi connectivity index (χ3n) is 2.03. The van der Waals surface area contributed by atoms with Crippen molar-refractivity contribution in [3.05, 3.63) is 10.7 Å². The standard InChI is InChI=1S/C11H19BrN4S/c1-4-13-11-14-6-9(12)10(16-11)15-8(3)7-17-5-2/h6,8H,4-5,7H2,1-3H3,(H2,13,14,15,16). The van der Waals surface area contributed by atoms with E-state index in [0.29, 0.717) is 12.0 Å². The Labute approximate surface area is 116 Å². The number of anilines is 2. The van der Waals surface area contributed by atoms with Gasteiger partial charge in [-0.15, -0.1) is 0 Å². The zero-order valence-corrected chi connectivity index (χ0v) is 12.9. The molecule has 1 rings (SSSR count). The van der Waals surface area contributed by atoms with Crippen LogP contribution in [0.1, 0.15) is 20.8 Å². The third kappa shape index (κ3) is 5.12. The minimum Gasteiger partial charge on any atom is -0.366 e. The number of hydrogen-bond acceptors (Lipinski definition) is 5. The van der Waals surface area contributed by atoms with Gasteiger partial charge in [0.1, 0.15) is 5.82 Å². The molecule has 1 aromatic rings. The number of aromatic nitrogens is 2. The summed E-state index contributed by atoms with van der Waals surface area (Å²) in [6.45, 7) is 7.17. The maximum Gasteiger partial charge on any atom is 0.224 e. The molecule has 0 aliphatic rings. The van der Waals surface area contributed by atoms with Crippen molar-refractivity contribution in [2.24, 2.45) is 0 Å². The lowest BCUT2D eigenvalue weighted by atomic mass is 10.4. The smallest absolute Gasteiger partial charge is 0.224 e. The van der Waals surface area contributed by atoms with Gasteiger partial charge < -0.3 is 10.6 Å². The average Bonchev–Trinajstić information content (AvgIpc) is 2.31. The van der Waals surface area contributed by atoms with Crippen LogP contribution in [-0.4, -0.2) is 34.1 Å². The van der Waals surface area contributed by atoms with Crippen molar-refractivity contribution in [2.75, 3.05) is 28.7 Å². The lowest BCUT2D eigenvalue weighted by molar-refractivity contribution is 0.895. The minimum absolute atomic E-state index is 0.389. The minimum atomic E-state index is 0.389. The fraction of sp³-hybridized carbons (Fsp3) is 0.636. The van der Waals surface area contributed by atoms with E-state index in [9.17, 15) is 0 Å². The third-order valence-corrected chi connectivity index (χ3v) is 3.76. The fourth-order valence-corrected chi connectivity index (χ4v) is 2.26. The molecule has 1 heterocycles. The lowest BCUT2D eigenvalue weighted by Gasteiger charge is -2.15. The van der Waals surface area contributed by atoms with Crippen LogP contribution in [0.5, 0.6) is 0 Å². The predicted molar refractivity (Wildman–Crippen MR) is 80.0 cm³/mol. The summed E-state index contributed by atoms with van der Waals surface area (Å²) in [6, 6.07) is 0.389. The van der Waals surface area contributed by atoms with Gasteiger partial charge in [-0.2, -0.15) is 16.7 Å². The summed E-state index contributed by atoms with van der Waals surface area (Å²) < 4.78 is 0.896. The number of rotatable bonds is 7. The lowest BCUT2D eigenvalue weighted by Crippen LogP contribution is -2.19. The Bertz CT molecular complexity index is 348. The zero-order valence-electron chi connectivity index (χ0n) is 10.5. The molecule has 0 aliphatic carbocycles. The van der Waals surface area contributed by atoms with Gasteiger partial charge in [0.2, 0.25) is 5.95 Å². The number of halogens is 1. The molecular formula is C11H19BrN4S. The molecule has 17 heavy (non-hydrogen) atoms. The Morgan fingerprint density at radius 1 is 1.47 bits per heavy atom. The van der Waals surface area contributed by atoms with Crippen LogP contribution in [0.2, 0.25) is 0 Å². The molecule has 0 saturated carbocycles. The van der Waals surface area contributed by atoms with Crippen molar-refractivity contribution in [3.8, 4) is 0 Å². The van der Waals surface area contributed by atoms with E-state index in [4.69, 9.17) is 0 Å². The van der Waals surface area contributed by atoms with E-state index < -0.39 is 0 Å². The van der Waals surface area contributed by atoms with Crippen LogP contribution >= 0.6 is 27.7 Å². The molecule has 96 valence electrons. The molecule has 0 spiro atoms. The van der Waals surface area contributed by atoms with E-state index in [2.05, 4.69) is 50.4 Å². The summed E-state index contributed by atoms with van der Waals surface area (Å²) in [4.78, 5) is 8.60. The van der Waals surface area contributed by atoms with Gasteiger partial charge in [-0.1, -0.05) is 6.92 Å². The largest absolute Gasteiger partial charge is 0.366 e. The molecule has 1 atom stereocenters. The van der Waals surface area contributed by atoms with E-state index in [-0.39, 0.29) is 0 Å². The highest BCUT2D eigenvalue weighted by Gasteiger charge is 2.08. The zero-order chi connectivity index (χ0) is 12.7. The van der Waals surface area contributed by atoms with Gasteiger partial charge >= 0.3 is 0 Å². The molecule has 1 aromatic heterocycles. The first-order chi connectivity index (χ1) is 8.17. The molecule has 6 heteroatoms. The molecule has 0 fully saturated rings. The van der Waals surface area contributed by atoms with Crippen LogP contribution in [0.3, 0.4) is 0 Å². The summed E-state index contributed by atoms with van der Waals surface area (Å²) in [5.41, 5.74) is 0. The van der Waals surface area contributed by atoms with Crippen LogP contribution in [0.15, 0.2) is 10.7 Å². The summed E-state index contributed by atoms with van der Waals surface area (Å²) >= 11 is 5.38. The van der Waals surface area contributed by atoms with Crippen molar-refractivity contribution < 1.29 is 0 Å². The highest BCUT2D eigenvalue weighted by Crippen LogP contribution is 2.21. The van der Waals surface area contributed by atoms with E-state index in [1.807, 2.05) is 18.7 Å². The number of nitrogens with one attached hydrogen (secondary N) is 2. The summed E-state index contributed by atoms with van der Waals surface area (Å²) in [5.74, 6) is 3.72. The topological polar surface area (TPSA) is 49.8 Å². The Balaban J connectivity index is 2.64. The molecule has 1 unspecified atom stereocenters. The Morgan fingerprint density at radius 2 is 2.24 bits per heavy atom. The van der Waals surface area contributed by atoms with Crippen molar-refractivity contribution >= 4 is 39.5 Å². The first-order valence-corrected chi connectivity index (χ1v) is 7.72. The number of nitrogens with zero attached hydrogens (tertiary/aromatic N) is 2. The van der Waals surface area contributed by atoms with Gasteiger partial charge in [0.15, 0.2) is 0 Å². The second-order valence-electron chi connectivity index (χ2n) is 3.63. The van der Waals surface area contributed by atoms with Gasteiger partial charge in [0, 0.05) is 24.5 Å². The van der Waals surface area contributed by atoms with Gasteiger partial charge in [-0.25, -0.2) is 4.98 Å². The molecule has 0 amide bonds. The Morgan fingerprint density at radius 3 is 2.88 bits per heavy atom. The molecule has 0 aliphatic heterocycles.